The summed E-state index contributed by atoms with van der Waals surface area (Å²) in [7, 11) is 1.89. The van der Waals surface area contributed by atoms with Crippen molar-refractivity contribution in [2.75, 3.05) is 30.4 Å². The lowest BCUT2D eigenvalue weighted by Crippen LogP contribution is -2.35. The second kappa shape index (κ2) is 4.49. The first kappa shape index (κ1) is 10.2. The third-order valence-corrected chi connectivity index (χ3v) is 2.84. The predicted octanol–water partition coefficient (Wildman–Crippen LogP) is 1.08. The van der Waals surface area contributed by atoms with E-state index in [2.05, 4.69) is 21.3 Å². The summed E-state index contributed by atoms with van der Waals surface area (Å²) in [6.07, 6.45) is 5.26. The molecule has 0 bridgehead atoms. The molecule has 2 heterocycles. The number of aliphatic hydroxyl groups is 1. The van der Waals surface area contributed by atoms with Crippen molar-refractivity contribution in [2.24, 2.45) is 0 Å². The molecule has 0 saturated carbocycles. The van der Waals surface area contributed by atoms with Gasteiger partial charge in [0, 0.05) is 20.1 Å². The Labute approximate surface area is 89.9 Å². The first-order valence-electron chi connectivity index (χ1n) is 5.35. The molecule has 1 aromatic heterocycles. The van der Waals surface area contributed by atoms with Crippen LogP contribution in [0.2, 0.25) is 0 Å². The molecule has 0 radical (unpaired) electrons. The van der Waals surface area contributed by atoms with Crippen molar-refractivity contribution in [3.8, 4) is 0 Å². The van der Waals surface area contributed by atoms with E-state index in [9.17, 15) is 5.11 Å². The Hall–Kier alpha value is -1.29. The highest BCUT2D eigenvalue weighted by Gasteiger charge is 2.17. The van der Waals surface area contributed by atoms with E-state index in [4.69, 9.17) is 0 Å². The maximum atomic E-state index is 9.42. The van der Waals surface area contributed by atoms with Gasteiger partial charge >= 0.3 is 0 Å². The van der Waals surface area contributed by atoms with Crippen LogP contribution >= 0.6 is 0 Å². The maximum Gasteiger partial charge on any atom is 0.0574 e. The molecule has 0 spiro atoms. The van der Waals surface area contributed by atoms with Crippen LogP contribution in [-0.4, -0.2) is 36.3 Å². The fraction of sp³-hybridized carbons (Fsp3) is 0.545. The zero-order valence-electron chi connectivity index (χ0n) is 8.98. The quantitative estimate of drug-likeness (QED) is 0.762. The number of anilines is 2. The van der Waals surface area contributed by atoms with Crippen LogP contribution in [0.3, 0.4) is 0 Å². The third kappa shape index (κ3) is 2.39. The van der Waals surface area contributed by atoms with Gasteiger partial charge in [-0.25, -0.2) is 0 Å². The fourth-order valence-electron chi connectivity index (χ4n) is 1.86. The molecule has 15 heavy (non-hydrogen) atoms. The number of pyridine rings is 1. The lowest BCUT2D eigenvalue weighted by Gasteiger charge is -2.31. The number of hydrogen-bond donors (Lipinski definition) is 2. The summed E-state index contributed by atoms with van der Waals surface area (Å²) in [5, 5.41) is 12.5. The van der Waals surface area contributed by atoms with E-state index < -0.39 is 0 Å². The fourth-order valence-corrected chi connectivity index (χ4v) is 1.86. The summed E-state index contributed by atoms with van der Waals surface area (Å²) in [5.74, 6) is 0. The Balaban J connectivity index is 2.08. The smallest absolute Gasteiger partial charge is 0.0574 e. The molecule has 0 unspecified atom stereocenters. The number of rotatable bonds is 2. The van der Waals surface area contributed by atoms with Crippen LogP contribution in [0.5, 0.6) is 0 Å². The van der Waals surface area contributed by atoms with Crippen LogP contribution in [-0.2, 0) is 0 Å². The molecule has 1 saturated heterocycles. The second-order valence-corrected chi connectivity index (χ2v) is 3.90. The lowest BCUT2D eigenvalue weighted by molar-refractivity contribution is 0.145. The molecule has 2 rings (SSSR count). The number of nitrogens with zero attached hydrogens (tertiary/aromatic N) is 2. The van der Waals surface area contributed by atoms with Crippen LogP contribution in [0.1, 0.15) is 12.8 Å². The van der Waals surface area contributed by atoms with Crippen molar-refractivity contribution in [1.82, 2.24) is 4.98 Å². The van der Waals surface area contributed by atoms with Gasteiger partial charge in [-0.05, 0) is 18.9 Å². The van der Waals surface area contributed by atoms with Crippen LogP contribution in [0.15, 0.2) is 18.5 Å². The first-order chi connectivity index (χ1) is 7.29. The van der Waals surface area contributed by atoms with Crippen LogP contribution < -0.4 is 10.2 Å². The number of piperidine rings is 1. The van der Waals surface area contributed by atoms with Crippen molar-refractivity contribution in [1.29, 1.82) is 0 Å². The topological polar surface area (TPSA) is 48.4 Å². The van der Waals surface area contributed by atoms with Crippen molar-refractivity contribution in [3.63, 3.8) is 0 Å². The minimum atomic E-state index is -0.123. The molecule has 0 atom stereocenters. The third-order valence-electron chi connectivity index (χ3n) is 2.84. The zero-order valence-corrected chi connectivity index (χ0v) is 8.98. The number of aromatic nitrogens is 1. The molecule has 4 heteroatoms. The molecule has 1 fully saturated rings. The normalized spacial score (nSPS) is 17.9. The molecule has 0 amide bonds. The summed E-state index contributed by atoms with van der Waals surface area (Å²) < 4.78 is 0. The highest BCUT2D eigenvalue weighted by Crippen LogP contribution is 2.21. The van der Waals surface area contributed by atoms with Crippen LogP contribution in [0.4, 0.5) is 11.4 Å². The molecule has 1 aromatic rings. The van der Waals surface area contributed by atoms with E-state index in [1.807, 2.05) is 19.4 Å². The van der Waals surface area contributed by atoms with E-state index in [1.165, 1.54) is 0 Å². The van der Waals surface area contributed by atoms with E-state index >= 15 is 0 Å². The van der Waals surface area contributed by atoms with E-state index in [-0.39, 0.29) is 6.10 Å². The average Bonchev–Trinajstić information content (AvgIpc) is 2.30. The van der Waals surface area contributed by atoms with Gasteiger partial charge in [0.1, 0.15) is 0 Å². The molecular formula is C11H17N3O. The van der Waals surface area contributed by atoms with Crippen molar-refractivity contribution in [3.05, 3.63) is 18.5 Å². The lowest BCUT2D eigenvalue weighted by atomic mass is 10.1. The summed E-state index contributed by atoms with van der Waals surface area (Å²) in [6.45, 7) is 1.83. The molecule has 1 aliphatic heterocycles. The van der Waals surface area contributed by atoms with E-state index in [0.29, 0.717) is 0 Å². The Morgan fingerprint density at radius 3 is 2.80 bits per heavy atom. The minimum absolute atomic E-state index is 0.123. The standard InChI is InChI=1S/C11H17N3O/c1-12-9-6-10(8-13-7-9)14-4-2-11(15)3-5-14/h6-8,11-12,15H,2-5H2,1H3. The molecule has 1 aliphatic rings. The van der Waals surface area contributed by atoms with Gasteiger partial charge in [-0.15, -0.1) is 0 Å². The minimum Gasteiger partial charge on any atom is -0.393 e. The van der Waals surface area contributed by atoms with Crippen LogP contribution in [0, 0.1) is 0 Å². The Morgan fingerprint density at radius 1 is 1.40 bits per heavy atom. The SMILES string of the molecule is CNc1cncc(N2CCC(O)CC2)c1. The predicted molar refractivity (Wildman–Crippen MR) is 61.2 cm³/mol. The molecular weight excluding hydrogens is 190 g/mol. The van der Waals surface area contributed by atoms with Crippen molar-refractivity contribution in [2.45, 2.75) is 18.9 Å². The molecule has 4 nitrogen and oxygen atoms in total. The molecule has 0 aliphatic carbocycles. The maximum absolute atomic E-state index is 9.42. The van der Waals surface area contributed by atoms with Crippen molar-refractivity contribution >= 4 is 11.4 Å². The van der Waals surface area contributed by atoms with Gasteiger partial charge < -0.3 is 15.3 Å². The van der Waals surface area contributed by atoms with Crippen LogP contribution in [0.25, 0.3) is 0 Å². The average molecular weight is 207 g/mol. The summed E-state index contributed by atoms with van der Waals surface area (Å²) >= 11 is 0. The van der Waals surface area contributed by atoms with Gasteiger partial charge in [-0.1, -0.05) is 0 Å². The van der Waals surface area contributed by atoms with Gasteiger partial charge in [0.05, 0.1) is 29.9 Å². The van der Waals surface area contributed by atoms with Gasteiger partial charge in [0.15, 0.2) is 0 Å². The van der Waals surface area contributed by atoms with Gasteiger partial charge in [0.25, 0.3) is 0 Å². The molecule has 2 N–H and O–H groups in total. The number of aliphatic hydroxyl groups excluding tert-OH is 1. The van der Waals surface area contributed by atoms with Gasteiger partial charge in [0.2, 0.25) is 0 Å². The Kier molecular flexibility index (Phi) is 3.06. The largest absolute Gasteiger partial charge is 0.393 e. The number of nitrogens with one attached hydrogen (secondary N) is 1. The Morgan fingerprint density at radius 2 is 2.13 bits per heavy atom. The van der Waals surface area contributed by atoms with Gasteiger partial charge in [-0.2, -0.15) is 0 Å². The molecule has 0 aromatic carbocycles. The first-order valence-corrected chi connectivity index (χ1v) is 5.35. The van der Waals surface area contributed by atoms with E-state index in [1.54, 1.807) is 0 Å². The monoisotopic (exact) mass is 207 g/mol. The highest BCUT2D eigenvalue weighted by atomic mass is 16.3. The summed E-state index contributed by atoms with van der Waals surface area (Å²) in [5.41, 5.74) is 2.16. The molecule has 82 valence electrons. The highest BCUT2D eigenvalue weighted by molar-refractivity contribution is 5.55. The summed E-state index contributed by atoms with van der Waals surface area (Å²) in [6, 6.07) is 2.09. The Bertz CT molecular complexity index is 321. The number of hydrogen-bond acceptors (Lipinski definition) is 4. The van der Waals surface area contributed by atoms with Crippen molar-refractivity contribution < 1.29 is 5.11 Å². The zero-order chi connectivity index (χ0) is 10.7. The van der Waals surface area contributed by atoms with Gasteiger partial charge in [-0.3, -0.25) is 4.98 Å². The second-order valence-electron chi connectivity index (χ2n) is 3.90. The van der Waals surface area contributed by atoms with E-state index in [0.717, 1.165) is 37.3 Å². The summed E-state index contributed by atoms with van der Waals surface area (Å²) in [4.78, 5) is 6.45.